The van der Waals surface area contributed by atoms with Gasteiger partial charge >= 0.3 is 0 Å². The van der Waals surface area contributed by atoms with Crippen LogP contribution in [-0.2, 0) is 0 Å². The highest BCUT2D eigenvalue weighted by Gasteiger charge is 2.18. The van der Waals surface area contributed by atoms with Crippen molar-refractivity contribution in [2.45, 2.75) is 13.0 Å². The van der Waals surface area contributed by atoms with E-state index in [1.54, 1.807) is 0 Å². The molecule has 1 rings (SSSR count). The van der Waals surface area contributed by atoms with Gasteiger partial charge in [-0.25, -0.2) is 0 Å². The Bertz CT molecular complexity index is 57.1. The van der Waals surface area contributed by atoms with Crippen molar-refractivity contribution in [3.8, 4) is 0 Å². The molecule has 7 heavy (non-hydrogen) atoms. The molecule has 0 aromatic rings. The summed E-state index contributed by atoms with van der Waals surface area (Å²) in [5.41, 5.74) is 5.66. The molecule has 1 aliphatic rings. The third-order valence-corrected chi connectivity index (χ3v) is 2.80. The number of hydrogen-bond acceptors (Lipinski definition) is 2. The molecule has 0 saturated carbocycles. The van der Waals surface area contributed by atoms with Crippen LogP contribution < -0.4 is 5.73 Å². The van der Waals surface area contributed by atoms with E-state index in [-0.39, 0.29) is 0 Å². The molecule has 1 aliphatic heterocycles. The van der Waals surface area contributed by atoms with Gasteiger partial charge in [0.1, 0.15) is 0 Å². The maximum Gasteiger partial charge on any atom is 0.0164 e. The third-order valence-electron chi connectivity index (χ3n) is 1.42. The summed E-state index contributed by atoms with van der Waals surface area (Å²) < 4.78 is 0. The summed E-state index contributed by atoms with van der Waals surface area (Å²) in [6, 6.07) is 0.477. The van der Waals surface area contributed by atoms with Gasteiger partial charge in [-0.2, -0.15) is 11.8 Å². The van der Waals surface area contributed by atoms with Crippen molar-refractivity contribution in [1.29, 1.82) is 0 Å². The minimum absolute atomic E-state index is 0.477. The molecule has 2 atom stereocenters. The topological polar surface area (TPSA) is 26.0 Å². The predicted molar refractivity (Wildman–Crippen MR) is 34.5 cm³/mol. The monoisotopic (exact) mass is 117 g/mol. The van der Waals surface area contributed by atoms with Gasteiger partial charge in [-0.3, -0.25) is 0 Å². The van der Waals surface area contributed by atoms with E-state index in [1.807, 2.05) is 11.8 Å². The second kappa shape index (κ2) is 2.05. The summed E-state index contributed by atoms with van der Waals surface area (Å²) in [6.45, 7) is 2.21. The quantitative estimate of drug-likeness (QED) is 0.505. The standard InChI is InChI=1S/C5H11NS/c1-4-2-7-3-5(4)6/h4-5H,2-3,6H2,1H3/t4-,5-/m0/s1. The Hall–Kier alpha value is 0.310. The number of rotatable bonds is 0. The average Bonchev–Trinajstić information content (AvgIpc) is 1.91. The van der Waals surface area contributed by atoms with Crippen LogP contribution in [0.25, 0.3) is 0 Å². The van der Waals surface area contributed by atoms with Gasteiger partial charge in [0.15, 0.2) is 0 Å². The highest BCUT2D eigenvalue weighted by Crippen LogP contribution is 2.21. The molecule has 0 unspecified atom stereocenters. The van der Waals surface area contributed by atoms with Crippen LogP contribution in [0.3, 0.4) is 0 Å². The van der Waals surface area contributed by atoms with Crippen LogP contribution in [0.5, 0.6) is 0 Å². The first-order valence-electron chi connectivity index (χ1n) is 2.64. The number of hydrogen-bond donors (Lipinski definition) is 1. The Kier molecular flexibility index (Phi) is 1.60. The van der Waals surface area contributed by atoms with Gasteiger partial charge < -0.3 is 5.73 Å². The Morgan fingerprint density at radius 3 is 2.43 bits per heavy atom. The van der Waals surface area contributed by atoms with Gasteiger partial charge in [0.2, 0.25) is 0 Å². The Balaban J connectivity index is 2.33. The van der Waals surface area contributed by atoms with Crippen LogP contribution in [-0.4, -0.2) is 17.5 Å². The zero-order valence-electron chi connectivity index (χ0n) is 4.55. The first-order valence-corrected chi connectivity index (χ1v) is 3.79. The molecule has 42 valence electrons. The molecule has 2 heteroatoms. The normalized spacial score (nSPS) is 42.0. The van der Waals surface area contributed by atoms with Crippen molar-refractivity contribution in [3.05, 3.63) is 0 Å². The molecule has 2 N–H and O–H groups in total. The van der Waals surface area contributed by atoms with Gasteiger partial charge in [-0.05, 0) is 11.7 Å². The highest BCUT2D eigenvalue weighted by atomic mass is 32.2. The Morgan fingerprint density at radius 1 is 1.57 bits per heavy atom. The van der Waals surface area contributed by atoms with Crippen LogP contribution in [0.15, 0.2) is 0 Å². The summed E-state index contributed by atoms with van der Waals surface area (Å²) >= 11 is 1.97. The van der Waals surface area contributed by atoms with E-state index in [0.717, 1.165) is 5.92 Å². The zero-order valence-corrected chi connectivity index (χ0v) is 5.37. The van der Waals surface area contributed by atoms with Crippen LogP contribution in [0.4, 0.5) is 0 Å². The molecule has 0 spiro atoms. The lowest BCUT2D eigenvalue weighted by Crippen LogP contribution is -2.25. The third kappa shape index (κ3) is 1.10. The van der Waals surface area contributed by atoms with Crippen LogP contribution in [0, 0.1) is 5.92 Å². The van der Waals surface area contributed by atoms with E-state index in [0.29, 0.717) is 6.04 Å². The molecular weight excluding hydrogens is 106 g/mol. The van der Waals surface area contributed by atoms with Crippen LogP contribution >= 0.6 is 11.8 Å². The lowest BCUT2D eigenvalue weighted by molar-refractivity contribution is 0.567. The smallest absolute Gasteiger partial charge is 0.0164 e. The van der Waals surface area contributed by atoms with E-state index < -0.39 is 0 Å². The lowest BCUT2D eigenvalue weighted by Gasteiger charge is -2.04. The summed E-state index contributed by atoms with van der Waals surface area (Å²) in [5.74, 6) is 3.19. The minimum Gasteiger partial charge on any atom is -0.327 e. The number of nitrogens with two attached hydrogens (primary N) is 1. The van der Waals surface area contributed by atoms with Crippen molar-refractivity contribution in [2.24, 2.45) is 11.7 Å². The molecule has 0 amide bonds. The van der Waals surface area contributed by atoms with E-state index in [2.05, 4.69) is 6.92 Å². The van der Waals surface area contributed by atoms with Crippen LogP contribution in [0.1, 0.15) is 6.92 Å². The Morgan fingerprint density at radius 2 is 2.29 bits per heavy atom. The molecule has 0 aromatic carbocycles. The molecule has 0 aliphatic carbocycles. The summed E-state index contributed by atoms with van der Waals surface area (Å²) in [6.07, 6.45) is 0. The van der Waals surface area contributed by atoms with E-state index in [9.17, 15) is 0 Å². The number of thioether (sulfide) groups is 1. The fourth-order valence-corrected chi connectivity index (χ4v) is 2.03. The summed E-state index contributed by atoms with van der Waals surface area (Å²) in [7, 11) is 0. The maximum atomic E-state index is 5.66. The zero-order chi connectivity index (χ0) is 5.28. The average molecular weight is 117 g/mol. The highest BCUT2D eigenvalue weighted by molar-refractivity contribution is 7.99. The van der Waals surface area contributed by atoms with Gasteiger partial charge in [-0.1, -0.05) is 6.92 Å². The van der Waals surface area contributed by atoms with Crippen LogP contribution in [0.2, 0.25) is 0 Å². The second-order valence-corrected chi connectivity index (χ2v) is 3.25. The lowest BCUT2D eigenvalue weighted by atomic mass is 10.1. The summed E-state index contributed by atoms with van der Waals surface area (Å²) in [5, 5.41) is 0. The largest absolute Gasteiger partial charge is 0.327 e. The molecule has 1 saturated heterocycles. The van der Waals surface area contributed by atoms with Crippen molar-refractivity contribution < 1.29 is 0 Å². The van der Waals surface area contributed by atoms with Gasteiger partial charge in [0.05, 0.1) is 0 Å². The van der Waals surface area contributed by atoms with Crippen molar-refractivity contribution in [1.82, 2.24) is 0 Å². The maximum absolute atomic E-state index is 5.66. The fourth-order valence-electron chi connectivity index (χ4n) is 0.678. The molecule has 0 aromatic heterocycles. The molecular formula is C5H11NS. The molecule has 1 heterocycles. The minimum atomic E-state index is 0.477. The first kappa shape index (κ1) is 5.45. The Labute approximate surface area is 48.7 Å². The first-order chi connectivity index (χ1) is 3.30. The van der Waals surface area contributed by atoms with Gasteiger partial charge in [0, 0.05) is 11.8 Å². The van der Waals surface area contributed by atoms with E-state index in [4.69, 9.17) is 5.73 Å². The van der Waals surface area contributed by atoms with E-state index >= 15 is 0 Å². The molecule has 0 bridgehead atoms. The van der Waals surface area contributed by atoms with Crippen molar-refractivity contribution in [2.75, 3.05) is 11.5 Å². The van der Waals surface area contributed by atoms with Crippen molar-refractivity contribution >= 4 is 11.8 Å². The SMILES string of the molecule is C[C@H]1CSC[C@@H]1N. The molecule has 1 nitrogen and oxygen atoms in total. The second-order valence-electron chi connectivity index (χ2n) is 2.18. The van der Waals surface area contributed by atoms with Gasteiger partial charge in [0.25, 0.3) is 0 Å². The molecule has 1 fully saturated rings. The molecule has 0 radical (unpaired) electrons. The van der Waals surface area contributed by atoms with Gasteiger partial charge in [-0.15, -0.1) is 0 Å². The predicted octanol–water partition coefficient (Wildman–Crippen LogP) is 0.697. The summed E-state index contributed by atoms with van der Waals surface area (Å²) in [4.78, 5) is 0. The van der Waals surface area contributed by atoms with Crippen molar-refractivity contribution in [3.63, 3.8) is 0 Å². The fraction of sp³-hybridized carbons (Fsp3) is 1.00. The van der Waals surface area contributed by atoms with E-state index in [1.165, 1.54) is 11.5 Å².